The smallest absolute Gasteiger partial charge is 0.311 e. The number of hydrogen-bond donors (Lipinski definition) is 2. The van der Waals surface area contributed by atoms with Gasteiger partial charge in [0, 0.05) is 12.5 Å². The molecule has 0 aromatic rings. The SMILES string of the molecule is C[C@H]1CCC[C@]2(C)C[C@H]3OC(=O)[C@@H](CN[C@@H]4CONC4=O)[C@H]3C=C12. The first-order valence-corrected chi connectivity index (χ1v) is 9.06. The van der Waals surface area contributed by atoms with Crippen LogP contribution >= 0.6 is 0 Å². The van der Waals surface area contributed by atoms with Crippen LogP contribution in [0.1, 0.15) is 39.5 Å². The van der Waals surface area contributed by atoms with Crippen LogP contribution in [0.5, 0.6) is 0 Å². The Morgan fingerprint density at radius 2 is 2.25 bits per heavy atom. The second-order valence-electron chi connectivity index (χ2n) is 8.08. The number of allylic oxidation sites excluding steroid dienone is 1. The number of carbonyl (C=O) groups excluding carboxylic acids is 2. The molecule has 24 heavy (non-hydrogen) atoms. The van der Waals surface area contributed by atoms with Crippen molar-refractivity contribution < 1.29 is 19.2 Å². The van der Waals surface area contributed by atoms with Gasteiger partial charge in [-0.05, 0) is 30.6 Å². The van der Waals surface area contributed by atoms with Crippen LogP contribution < -0.4 is 10.8 Å². The highest BCUT2D eigenvalue weighted by Crippen LogP contribution is 2.53. The number of fused-ring (bicyclic) bond motifs is 2. The van der Waals surface area contributed by atoms with E-state index in [1.807, 2.05) is 0 Å². The van der Waals surface area contributed by atoms with E-state index in [0.717, 1.165) is 6.42 Å². The average molecular weight is 334 g/mol. The molecule has 0 aromatic heterocycles. The zero-order valence-corrected chi connectivity index (χ0v) is 14.3. The number of hydroxylamine groups is 1. The first-order chi connectivity index (χ1) is 11.5. The maximum Gasteiger partial charge on any atom is 0.311 e. The Labute approximate surface area is 142 Å². The van der Waals surface area contributed by atoms with E-state index in [2.05, 4.69) is 30.7 Å². The highest BCUT2D eigenvalue weighted by Gasteiger charge is 2.51. The van der Waals surface area contributed by atoms with E-state index in [-0.39, 0.29) is 41.3 Å². The first-order valence-electron chi connectivity index (χ1n) is 9.06. The Kier molecular flexibility index (Phi) is 3.92. The number of hydrogen-bond acceptors (Lipinski definition) is 5. The van der Waals surface area contributed by atoms with Crippen molar-refractivity contribution in [1.29, 1.82) is 0 Å². The van der Waals surface area contributed by atoms with Gasteiger partial charge in [0.05, 0.1) is 12.5 Å². The Morgan fingerprint density at radius 3 is 3.00 bits per heavy atom. The van der Waals surface area contributed by atoms with Gasteiger partial charge in [-0.1, -0.05) is 31.9 Å². The molecule has 132 valence electrons. The van der Waals surface area contributed by atoms with E-state index in [4.69, 9.17) is 9.57 Å². The molecule has 6 atom stereocenters. The molecule has 2 saturated heterocycles. The molecule has 3 fully saturated rings. The quantitative estimate of drug-likeness (QED) is 0.601. The number of esters is 1. The van der Waals surface area contributed by atoms with Crippen molar-refractivity contribution >= 4 is 11.9 Å². The van der Waals surface area contributed by atoms with Crippen LogP contribution in [0.15, 0.2) is 11.6 Å². The van der Waals surface area contributed by atoms with Gasteiger partial charge < -0.3 is 10.1 Å². The van der Waals surface area contributed by atoms with Crippen molar-refractivity contribution in [2.24, 2.45) is 23.2 Å². The highest BCUT2D eigenvalue weighted by atomic mass is 16.7. The van der Waals surface area contributed by atoms with Crippen LogP contribution in [-0.4, -0.2) is 37.2 Å². The summed E-state index contributed by atoms with van der Waals surface area (Å²) in [5, 5.41) is 3.16. The molecule has 0 spiro atoms. The Hall–Kier alpha value is -1.40. The number of nitrogens with one attached hydrogen (secondary N) is 2. The minimum absolute atomic E-state index is 0.0167. The predicted molar refractivity (Wildman–Crippen MR) is 86.6 cm³/mol. The molecule has 1 saturated carbocycles. The van der Waals surface area contributed by atoms with Crippen molar-refractivity contribution in [2.75, 3.05) is 13.2 Å². The standard InChI is InChI=1S/C18H26N2O4/c1-10-4-3-5-18(2)7-15-11(6-13(10)18)12(17(22)24-15)8-19-14-9-23-20-16(14)21/h6,10-12,14-15,19H,3-5,7-9H2,1-2H3,(H,20,21)/t10-,11+,12-,14+,15+,18+/m0/s1. The largest absolute Gasteiger partial charge is 0.461 e. The van der Waals surface area contributed by atoms with Gasteiger partial charge in [-0.25, -0.2) is 5.48 Å². The third-order valence-electron chi connectivity index (χ3n) is 6.40. The maximum atomic E-state index is 12.4. The number of rotatable bonds is 3. The normalized spacial score (nSPS) is 44.4. The zero-order chi connectivity index (χ0) is 16.9. The van der Waals surface area contributed by atoms with Crippen molar-refractivity contribution in [3.8, 4) is 0 Å². The van der Waals surface area contributed by atoms with Crippen LogP contribution in [0.25, 0.3) is 0 Å². The summed E-state index contributed by atoms with van der Waals surface area (Å²) in [4.78, 5) is 28.9. The van der Waals surface area contributed by atoms with Crippen LogP contribution in [0.2, 0.25) is 0 Å². The molecule has 2 aliphatic heterocycles. The van der Waals surface area contributed by atoms with E-state index < -0.39 is 0 Å². The second kappa shape index (κ2) is 5.85. The Bertz CT molecular complexity index is 590. The van der Waals surface area contributed by atoms with Crippen molar-refractivity contribution in [3.05, 3.63) is 11.6 Å². The van der Waals surface area contributed by atoms with Gasteiger partial charge in [-0.3, -0.25) is 14.4 Å². The summed E-state index contributed by atoms with van der Waals surface area (Å²) in [5.74, 6) is 0.188. The monoisotopic (exact) mass is 334 g/mol. The summed E-state index contributed by atoms with van der Waals surface area (Å²) >= 11 is 0. The summed E-state index contributed by atoms with van der Waals surface area (Å²) in [5.41, 5.74) is 4.03. The molecule has 4 aliphatic rings. The van der Waals surface area contributed by atoms with Crippen LogP contribution in [-0.2, 0) is 19.2 Å². The minimum Gasteiger partial charge on any atom is -0.461 e. The highest BCUT2D eigenvalue weighted by molar-refractivity contribution is 5.82. The number of ether oxygens (including phenoxy) is 1. The van der Waals surface area contributed by atoms with Gasteiger partial charge in [-0.15, -0.1) is 0 Å². The number of amides is 1. The van der Waals surface area contributed by atoms with Gasteiger partial charge >= 0.3 is 5.97 Å². The lowest BCUT2D eigenvalue weighted by Gasteiger charge is -2.46. The van der Waals surface area contributed by atoms with E-state index in [1.54, 1.807) is 0 Å². The van der Waals surface area contributed by atoms with Crippen LogP contribution in [0.3, 0.4) is 0 Å². The van der Waals surface area contributed by atoms with Gasteiger partial charge in [0.1, 0.15) is 12.1 Å². The fourth-order valence-electron chi connectivity index (χ4n) is 5.05. The lowest BCUT2D eigenvalue weighted by molar-refractivity contribution is -0.145. The summed E-state index contributed by atoms with van der Waals surface area (Å²) in [7, 11) is 0. The van der Waals surface area contributed by atoms with E-state index in [1.165, 1.54) is 24.8 Å². The molecule has 0 aromatic carbocycles. The molecular weight excluding hydrogens is 308 g/mol. The summed E-state index contributed by atoms with van der Waals surface area (Å²) in [6.07, 6.45) is 6.92. The maximum absolute atomic E-state index is 12.4. The molecule has 2 heterocycles. The summed E-state index contributed by atoms with van der Waals surface area (Å²) in [6, 6.07) is -0.382. The van der Waals surface area contributed by atoms with Crippen molar-refractivity contribution in [3.63, 3.8) is 0 Å². The van der Waals surface area contributed by atoms with E-state index >= 15 is 0 Å². The molecule has 1 amide bonds. The van der Waals surface area contributed by atoms with Gasteiger partial charge in [0.2, 0.25) is 0 Å². The zero-order valence-electron chi connectivity index (χ0n) is 14.3. The van der Waals surface area contributed by atoms with Gasteiger partial charge in [0.15, 0.2) is 0 Å². The summed E-state index contributed by atoms with van der Waals surface area (Å²) in [6.45, 7) is 5.38. The van der Waals surface area contributed by atoms with Crippen LogP contribution in [0.4, 0.5) is 0 Å². The minimum atomic E-state index is -0.382. The topological polar surface area (TPSA) is 76.7 Å². The lowest BCUT2D eigenvalue weighted by atomic mass is 9.59. The molecule has 0 radical (unpaired) electrons. The number of carbonyl (C=O) groups is 2. The molecule has 4 rings (SSSR count). The van der Waals surface area contributed by atoms with Gasteiger partial charge in [-0.2, -0.15) is 0 Å². The molecule has 6 nitrogen and oxygen atoms in total. The fourth-order valence-corrected chi connectivity index (χ4v) is 5.05. The second-order valence-corrected chi connectivity index (χ2v) is 8.08. The third-order valence-corrected chi connectivity index (χ3v) is 6.40. The third kappa shape index (κ3) is 2.56. The average Bonchev–Trinajstić information content (AvgIpc) is 3.05. The molecule has 2 N–H and O–H groups in total. The summed E-state index contributed by atoms with van der Waals surface area (Å²) < 4.78 is 5.71. The van der Waals surface area contributed by atoms with Crippen molar-refractivity contribution in [2.45, 2.75) is 51.7 Å². The first kappa shape index (κ1) is 16.1. The lowest BCUT2D eigenvalue weighted by Crippen LogP contribution is -2.44. The molecule has 6 heteroatoms. The Balaban J connectivity index is 1.52. The van der Waals surface area contributed by atoms with Crippen LogP contribution in [0, 0.1) is 23.2 Å². The predicted octanol–water partition coefficient (Wildman–Crippen LogP) is 1.32. The molecule has 2 aliphatic carbocycles. The fraction of sp³-hybridized carbons (Fsp3) is 0.778. The van der Waals surface area contributed by atoms with Crippen molar-refractivity contribution in [1.82, 2.24) is 10.8 Å². The molecule has 0 bridgehead atoms. The molecule has 0 unspecified atom stereocenters. The Morgan fingerprint density at radius 1 is 1.42 bits per heavy atom. The van der Waals surface area contributed by atoms with E-state index in [9.17, 15) is 9.59 Å². The molecular formula is C18H26N2O4. The van der Waals surface area contributed by atoms with Gasteiger partial charge in [0.25, 0.3) is 5.91 Å². The van der Waals surface area contributed by atoms with E-state index in [0.29, 0.717) is 19.1 Å².